The molecular weight excluding hydrogens is 162 g/mol. The van der Waals surface area contributed by atoms with Crippen LogP contribution in [0.5, 0.6) is 0 Å². The van der Waals surface area contributed by atoms with Gasteiger partial charge in [-0.15, -0.1) is 0 Å². The first kappa shape index (κ1) is 8.71. The Kier molecular flexibility index (Phi) is 2.43. The van der Waals surface area contributed by atoms with Crippen LogP contribution in [0.15, 0.2) is 24.3 Å². The molecular formula is C9H8F2O. The monoisotopic (exact) mass is 170 g/mol. The van der Waals surface area contributed by atoms with Crippen molar-refractivity contribution >= 4 is 5.76 Å². The largest absolute Gasteiger partial charge is 0.508 e. The summed E-state index contributed by atoms with van der Waals surface area (Å²) in [7, 11) is 0. The fourth-order valence-electron chi connectivity index (χ4n) is 0.857. The molecule has 1 rings (SSSR count). The van der Waals surface area contributed by atoms with Gasteiger partial charge in [0.2, 0.25) is 0 Å². The van der Waals surface area contributed by atoms with Crippen LogP contribution >= 0.6 is 0 Å². The summed E-state index contributed by atoms with van der Waals surface area (Å²) in [5, 5.41) is 9.09. The summed E-state index contributed by atoms with van der Waals surface area (Å²) in [6.07, 6.45) is 1.30. The van der Waals surface area contributed by atoms with Gasteiger partial charge in [0.1, 0.15) is 5.76 Å². The van der Waals surface area contributed by atoms with Crippen molar-refractivity contribution in [3.63, 3.8) is 0 Å². The number of allylic oxidation sites excluding steroid dienone is 1. The first-order chi connectivity index (χ1) is 5.66. The second kappa shape index (κ2) is 3.34. The summed E-state index contributed by atoms with van der Waals surface area (Å²) in [5.41, 5.74) is -0.113. The lowest BCUT2D eigenvalue weighted by atomic mass is 10.1. The zero-order valence-corrected chi connectivity index (χ0v) is 6.51. The van der Waals surface area contributed by atoms with Crippen molar-refractivity contribution in [1.29, 1.82) is 0 Å². The van der Waals surface area contributed by atoms with Crippen molar-refractivity contribution in [3.8, 4) is 0 Å². The van der Waals surface area contributed by atoms with Crippen molar-refractivity contribution in [2.75, 3.05) is 0 Å². The maximum Gasteiger partial charge on any atom is 0.169 e. The summed E-state index contributed by atoms with van der Waals surface area (Å²) >= 11 is 0. The highest BCUT2D eigenvalue weighted by Gasteiger charge is 2.09. The number of rotatable bonds is 1. The fourth-order valence-corrected chi connectivity index (χ4v) is 0.857. The topological polar surface area (TPSA) is 20.2 Å². The van der Waals surface area contributed by atoms with E-state index in [1.807, 2.05) is 0 Å². The first-order valence-corrected chi connectivity index (χ1v) is 3.46. The van der Waals surface area contributed by atoms with Crippen LogP contribution in [0.4, 0.5) is 8.78 Å². The number of hydrogen-bond donors (Lipinski definition) is 1. The Hall–Kier alpha value is -1.38. The number of benzene rings is 1. The van der Waals surface area contributed by atoms with Crippen LogP contribution in [-0.2, 0) is 0 Å². The smallest absolute Gasteiger partial charge is 0.169 e. The Labute approximate surface area is 69.0 Å². The van der Waals surface area contributed by atoms with Crippen LogP contribution in [-0.4, -0.2) is 5.11 Å². The molecule has 0 aliphatic carbocycles. The normalized spacial score (nSPS) is 11.8. The van der Waals surface area contributed by atoms with E-state index in [4.69, 9.17) is 5.11 Å². The SMILES string of the molecule is CC=C(O)c1cccc(F)c1F. The van der Waals surface area contributed by atoms with E-state index < -0.39 is 11.6 Å². The number of aliphatic hydroxyl groups is 1. The van der Waals surface area contributed by atoms with E-state index in [2.05, 4.69) is 0 Å². The zero-order valence-electron chi connectivity index (χ0n) is 6.51. The van der Waals surface area contributed by atoms with Gasteiger partial charge in [-0.1, -0.05) is 6.07 Å². The molecule has 1 nitrogen and oxygen atoms in total. The average molecular weight is 170 g/mol. The predicted octanol–water partition coefficient (Wildman–Crippen LogP) is 2.88. The Morgan fingerprint density at radius 3 is 2.67 bits per heavy atom. The standard InChI is InChI=1S/C9H8F2O/c1-2-8(12)6-4-3-5-7(10)9(6)11/h2-5,12H,1H3. The van der Waals surface area contributed by atoms with E-state index in [0.29, 0.717) is 0 Å². The van der Waals surface area contributed by atoms with E-state index in [0.717, 1.165) is 6.07 Å². The van der Waals surface area contributed by atoms with Crippen LogP contribution in [0, 0.1) is 11.6 Å². The van der Waals surface area contributed by atoms with Gasteiger partial charge in [-0.25, -0.2) is 8.78 Å². The fraction of sp³-hybridized carbons (Fsp3) is 0.111. The summed E-state index contributed by atoms with van der Waals surface area (Å²) in [5.74, 6) is -2.24. The molecule has 0 atom stereocenters. The van der Waals surface area contributed by atoms with Gasteiger partial charge in [-0.05, 0) is 25.1 Å². The quantitative estimate of drug-likeness (QED) is 0.642. The minimum Gasteiger partial charge on any atom is -0.508 e. The van der Waals surface area contributed by atoms with Gasteiger partial charge < -0.3 is 5.11 Å². The Bertz CT molecular complexity index is 318. The van der Waals surface area contributed by atoms with Crippen molar-refractivity contribution in [3.05, 3.63) is 41.5 Å². The highest BCUT2D eigenvalue weighted by molar-refractivity contribution is 5.58. The van der Waals surface area contributed by atoms with E-state index in [-0.39, 0.29) is 11.3 Å². The lowest BCUT2D eigenvalue weighted by molar-refractivity contribution is 0.478. The summed E-state index contributed by atoms with van der Waals surface area (Å²) < 4.78 is 25.4. The molecule has 0 saturated heterocycles. The molecule has 3 heteroatoms. The maximum absolute atomic E-state index is 12.9. The van der Waals surface area contributed by atoms with Crippen molar-refractivity contribution in [2.24, 2.45) is 0 Å². The first-order valence-electron chi connectivity index (χ1n) is 3.46. The molecule has 0 radical (unpaired) electrons. The molecule has 0 unspecified atom stereocenters. The molecule has 1 aromatic carbocycles. The zero-order chi connectivity index (χ0) is 9.14. The Morgan fingerprint density at radius 1 is 1.42 bits per heavy atom. The molecule has 0 amide bonds. The van der Waals surface area contributed by atoms with Gasteiger partial charge in [-0.3, -0.25) is 0 Å². The molecule has 1 N–H and O–H groups in total. The van der Waals surface area contributed by atoms with Crippen molar-refractivity contribution in [2.45, 2.75) is 6.92 Å². The third kappa shape index (κ3) is 1.44. The molecule has 0 aromatic heterocycles. The minimum absolute atomic E-state index is 0.113. The van der Waals surface area contributed by atoms with Gasteiger partial charge in [0.05, 0.1) is 5.56 Å². The molecule has 0 aliphatic rings. The van der Waals surface area contributed by atoms with Gasteiger partial charge in [0, 0.05) is 0 Å². The van der Waals surface area contributed by atoms with Gasteiger partial charge in [-0.2, -0.15) is 0 Å². The number of halogens is 2. The summed E-state index contributed by atoms with van der Waals surface area (Å²) in [4.78, 5) is 0. The van der Waals surface area contributed by atoms with E-state index in [9.17, 15) is 8.78 Å². The van der Waals surface area contributed by atoms with Gasteiger partial charge in [0.15, 0.2) is 11.6 Å². The van der Waals surface area contributed by atoms with E-state index in [1.165, 1.54) is 18.2 Å². The summed E-state index contributed by atoms with van der Waals surface area (Å²) in [6, 6.07) is 3.66. The molecule has 12 heavy (non-hydrogen) atoms. The van der Waals surface area contributed by atoms with Crippen LogP contribution in [0.1, 0.15) is 12.5 Å². The minimum atomic E-state index is -1.02. The molecule has 1 aromatic rings. The van der Waals surface area contributed by atoms with Crippen LogP contribution in [0.3, 0.4) is 0 Å². The maximum atomic E-state index is 12.9. The Balaban J connectivity index is 3.26. The number of hydrogen-bond acceptors (Lipinski definition) is 1. The highest BCUT2D eigenvalue weighted by Crippen LogP contribution is 2.17. The summed E-state index contributed by atoms with van der Waals surface area (Å²) in [6.45, 7) is 1.54. The average Bonchev–Trinajstić information content (AvgIpc) is 2.08. The van der Waals surface area contributed by atoms with E-state index >= 15 is 0 Å². The number of aliphatic hydroxyl groups excluding tert-OH is 1. The van der Waals surface area contributed by atoms with E-state index in [1.54, 1.807) is 6.92 Å². The third-order valence-electron chi connectivity index (χ3n) is 1.50. The lowest BCUT2D eigenvalue weighted by Crippen LogP contribution is -1.92. The van der Waals surface area contributed by atoms with Crippen molar-refractivity contribution < 1.29 is 13.9 Å². The molecule has 0 bridgehead atoms. The second-order valence-corrected chi connectivity index (χ2v) is 2.28. The molecule has 0 aliphatic heterocycles. The van der Waals surface area contributed by atoms with Gasteiger partial charge in [0.25, 0.3) is 0 Å². The molecule has 0 fully saturated rings. The Morgan fingerprint density at radius 2 is 2.08 bits per heavy atom. The lowest BCUT2D eigenvalue weighted by Gasteiger charge is -2.01. The van der Waals surface area contributed by atoms with Crippen molar-refractivity contribution in [1.82, 2.24) is 0 Å². The molecule has 0 heterocycles. The highest BCUT2D eigenvalue weighted by atomic mass is 19.2. The third-order valence-corrected chi connectivity index (χ3v) is 1.50. The van der Waals surface area contributed by atoms with Gasteiger partial charge >= 0.3 is 0 Å². The van der Waals surface area contributed by atoms with Crippen LogP contribution in [0.25, 0.3) is 5.76 Å². The molecule has 0 saturated carbocycles. The second-order valence-electron chi connectivity index (χ2n) is 2.28. The van der Waals surface area contributed by atoms with Crippen LogP contribution in [0.2, 0.25) is 0 Å². The molecule has 64 valence electrons. The molecule has 0 spiro atoms. The van der Waals surface area contributed by atoms with Crippen LogP contribution < -0.4 is 0 Å². The predicted molar refractivity (Wildman–Crippen MR) is 42.6 cm³/mol.